The summed E-state index contributed by atoms with van der Waals surface area (Å²) in [4.78, 5) is 0. The maximum atomic E-state index is 9.61. The first-order valence-corrected chi connectivity index (χ1v) is 4.10. The normalized spacial score (nSPS) is 31.4. The molecule has 0 bridgehead atoms. The van der Waals surface area contributed by atoms with Crippen LogP contribution >= 0.6 is 0 Å². The summed E-state index contributed by atoms with van der Waals surface area (Å²) in [5, 5.41) is 9.61. The zero-order valence-corrected chi connectivity index (χ0v) is 7.30. The van der Waals surface area contributed by atoms with E-state index in [0.717, 1.165) is 18.4 Å². The predicted molar refractivity (Wildman–Crippen MR) is 47.3 cm³/mol. The monoisotopic (exact) mass is 152 g/mol. The van der Waals surface area contributed by atoms with E-state index < -0.39 is 0 Å². The molecule has 1 nitrogen and oxygen atoms in total. The Morgan fingerprint density at radius 2 is 2.36 bits per heavy atom. The van der Waals surface area contributed by atoms with Crippen LogP contribution in [0.5, 0.6) is 0 Å². The number of aliphatic hydroxyl groups excluding tert-OH is 1. The van der Waals surface area contributed by atoms with Crippen molar-refractivity contribution in [1.82, 2.24) is 0 Å². The van der Waals surface area contributed by atoms with E-state index in [9.17, 15) is 5.11 Å². The van der Waals surface area contributed by atoms with E-state index in [1.165, 1.54) is 5.57 Å². The number of rotatable bonds is 1. The van der Waals surface area contributed by atoms with Gasteiger partial charge in [0.25, 0.3) is 0 Å². The third kappa shape index (κ3) is 1.93. The molecule has 0 spiro atoms. The van der Waals surface area contributed by atoms with Crippen LogP contribution in [0.2, 0.25) is 0 Å². The van der Waals surface area contributed by atoms with Crippen LogP contribution < -0.4 is 0 Å². The van der Waals surface area contributed by atoms with Crippen molar-refractivity contribution in [3.63, 3.8) is 0 Å². The van der Waals surface area contributed by atoms with Crippen LogP contribution in [-0.2, 0) is 0 Å². The van der Waals surface area contributed by atoms with Gasteiger partial charge in [0.05, 0.1) is 6.10 Å². The van der Waals surface area contributed by atoms with E-state index in [2.05, 4.69) is 19.6 Å². The van der Waals surface area contributed by atoms with E-state index in [4.69, 9.17) is 0 Å². The van der Waals surface area contributed by atoms with Crippen molar-refractivity contribution < 1.29 is 5.11 Å². The largest absolute Gasteiger partial charge is 0.392 e. The molecule has 0 fully saturated rings. The molecule has 62 valence electrons. The van der Waals surface area contributed by atoms with E-state index in [1.54, 1.807) is 0 Å². The Morgan fingerprint density at radius 1 is 1.73 bits per heavy atom. The summed E-state index contributed by atoms with van der Waals surface area (Å²) < 4.78 is 0. The van der Waals surface area contributed by atoms with Crippen LogP contribution in [-0.4, -0.2) is 11.2 Å². The lowest BCUT2D eigenvalue weighted by Gasteiger charge is -2.26. The van der Waals surface area contributed by atoms with Gasteiger partial charge in [-0.15, -0.1) is 0 Å². The van der Waals surface area contributed by atoms with Gasteiger partial charge in [-0.2, -0.15) is 0 Å². The van der Waals surface area contributed by atoms with Gasteiger partial charge in [-0.3, -0.25) is 0 Å². The van der Waals surface area contributed by atoms with Gasteiger partial charge in [0, 0.05) is 5.92 Å². The average molecular weight is 152 g/mol. The quantitative estimate of drug-likeness (QED) is 0.571. The topological polar surface area (TPSA) is 20.2 Å². The van der Waals surface area contributed by atoms with Gasteiger partial charge in [0.2, 0.25) is 0 Å². The summed E-state index contributed by atoms with van der Waals surface area (Å²) in [6.07, 6.45) is 3.78. The molecule has 0 unspecified atom stereocenters. The van der Waals surface area contributed by atoms with Gasteiger partial charge in [-0.05, 0) is 26.7 Å². The molecular formula is C10H16O. The lowest BCUT2D eigenvalue weighted by atomic mass is 9.83. The van der Waals surface area contributed by atoms with Gasteiger partial charge in [-0.1, -0.05) is 23.8 Å². The maximum absolute atomic E-state index is 9.61. The second-order valence-electron chi connectivity index (χ2n) is 3.51. The highest BCUT2D eigenvalue weighted by atomic mass is 16.3. The average Bonchev–Trinajstić information content (AvgIpc) is 1.85. The second kappa shape index (κ2) is 3.22. The Morgan fingerprint density at radius 3 is 2.82 bits per heavy atom. The van der Waals surface area contributed by atoms with Gasteiger partial charge in [0.1, 0.15) is 0 Å². The van der Waals surface area contributed by atoms with Gasteiger partial charge < -0.3 is 5.11 Å². The molecule has 0 aromatic heterocycles. The summed E-state index contributed by atoms with van der Waals surface area (Å²) in [5.74, 6) is 0.290. The first kappa shape index (κ1) is 8.54. The number of hydrogen-bond acceptors (Lipinski definition) is 1. The molecule has 0 radical (unpaired) electrons. The van der Waals surface area contributed by atoms with Crippen LogP contribution in [0.3, 0.4) is 0 Å². The van der Waals surface area contributed by atoms with Gasteiger partial charge in [0.15, 0.2) is 0 Å². The van der Waals surface area contributed by atoms with Crippen LogP contribution in [0.25, 0.3) is 0 Å². The van der Waals surface area contributed by atoms with Gasteiger partial charge >= 0.3 is 0 Å². The van der Waals surface area contributed by atoms with E-state index >= 15 is 0 Å². The minimum atomic E-state index is -0.197. The van der Waals surface area contributed by atoms with Crippen LogP contribution in [0.15, 0.2) is 23.8 Å². The van der Waals surface area contributed by atoms with Crippen molar-refractivity contribution in [2.45, 2.75) is 32.8 Å². The molecule has 1 heteroatoms. The molecule has 0 heterocycles. The fraction of sp³-hybridized carbons (Fsp3) is 0.600. The van der Waals surface area contributed by atoms with Crippen molar-refractivity contribution in [3.8, 4) is 0 Å². The van der Waals surface area contributed by atoms with Crippen LogP contribution in [0.4, 0.5) is 0 Å². The van der Waals surface area contributed by atoms with E-state index in [-0.39, 0.29) is 6.10 Å². The zero-order valence-electron chi connectivity index (χ0n) is 7.30. The third-order valence-corrected chi connectivity index (χ3v) is 2.35. The van der Waals surface area contributed by atoms with Crippen LogP contribution in [0.1, 0.15) is 26.7 Å². The lowest BCUT2D eigenvalue weighted by Crippen LogP contribution is -2.24. The molecule has 2 atom stereocenters. The summed E-state index contributed by atoms with van der Waals surface area (Å²) in [6.45, 7) is 7.92. The Hall–Kier alpha value is -0.560. The zero-order chi connectivity index (χ0) is 8.43. The van der Waals surface area contributed by atoms with E-state index in [1.807, 2.05) is 6.92 Å². The number of aliphatic hydroxyl groups is 1. The Kier molecular flexibility index (Phi) is 2.50. The summed E-state index contributed by atoms with van der Waals surface area (Å²) >= 11 is 0. The lowest BCUT2D eigenvalue weighted by molar-refractivity contribution is 0.120. The maximum Gasteiger partial charge on any atom is 0.0645 e. The Labute approximate surface area is 68.4 Å². The van der Waals surface area contributed by atoms with Crippen molar-refractivity contribution >= 4 is 0 Å². The van der Waals surface area contributed by atoms with Crippen molar-refractivity contribution in [3.05, 3.63) is 23.8 Å². The highest BCUT2D eigenvalue weighted by molar-refractivity contribution is 5.13. The Balaban J connectivity index is 2.65. The standard InChI is InChI=1S/C10H16O/c1-7(2)9-5-4-8(3)6-10(9)11/h4,9-11H,1,5-6H2,2-3H3/t9-,10-/m1/s1. The molecule has 0 aliphatic heterocycles. The van der Waals surface area contributed by atoms with Crippen molar-refractivity contribution in [2.24, 2.45) is 5.92 Å². The minimum Gasteiger partial charge on any atom is -0.392 e. The Bertz CT molecular complexity index is 191. The third-order valence-electron chi connectivity index (χ3n) is 2.35. The molecular weight excluding hydrogens is 136 g/mol. The predicted octanol–water partition coefficient (Wildman–Crippen LogP) is 2.28. The van der Waals surface area contributed by atoms with E-state index in [0.29, 0.717) is 5.92 Å². The first-order chi connectivity index (χ1) is 5.11. The molecule has 1 aliphatic rings. The molecule has 0 aromatic rings. The number of hydrogen-bond donors (Lipinski definition) is 1. The summed E-state index contributed by atoms with van der Waals surface area (Å²) in [7, 11) is 0. The van der Waals surface area contributed by atoms with Crippen LogP contribution in [0, 0.1) is 5.92 Å². The summed E-state index contributed by atoms with van der Waals surface area (Å²) in [5.41, 5.74) is 2.40. The number of allylic oxidation sites excluding steroid dienone is 1. The van der Waals surface area contributed by atoms with Crippen molar-refractivity contribution in [1.29, 1.82) is 0 Å². The molecule has 1 rings (SSSR count). The molecule has 0 aromatic carbocycles. The molecule has 0 amide bonds. The molecule has 0 saturated carbocycles. The fourth-order valence-electron chi connectivity index (χ4n) is 1.57. The summed E-state index contributed by atoms with van der Waals surface area (Å²) in [6, 6.07) is 0. The highest BCUT2D eigenvalue weighted by Crippen LogP contribution is 2.28. The highest BCUT2D eigenvalue weighted by Gasteiger charge is 2.22. The SMILES string of the molecule is C=C(C)[C@H]1CC=C(C)C[C@H]1O. The minimum absolute atomic E-state index is 0.197. The van der Waals surface area contributed by atoms with Crippen molar-refractivity contribution in [2.75, 3.05) is 0 Å². The van der Waals surface area contributed by atoms with Gasteiger partial charge in [-0.25, -0.2) is 0 Å². The molecule has 1 aliphatic carbocycles. The molecule has 0 saturated heterocycles. The molecule has 1 N–H and O–H groups in total. The fourth-order valence-corrected chi connectivity index (χ4v) is 1.57. The first-order valence-electron chi connectivity index (χ1n) is 4.10. The smallest absolute Gasteiger partial charge is 0.0645 e. The molecule has 11 heavy (non-hydrogen) atoms. The second-order valence-corrected chi connectivity index (χ2v) is 3.51.